The fourth-order valence-corrected chi connectivity index (χ4v) is 3.54. The maximum atomic E-state index is 5.97. The van der Waals surface area contributed by atoms with Gasteiger partial charge < -0.3 is 4.42 Å². The van der Waals surface area contributed by atoms with Gasteiger partial charge in [-0.25, -0.2) is 14.6 Å². The Labute approximate surface area is 147 Å². The number of aromatic nitrogens is 4. The molecule has 3 aromatic rings. The molecular weight excluding hydrogens is 314 g/mol. The number of aryl methyl sites for hydroxylation is 2. The monoisotopic (exact) mass is 337 g/mol. The summed E-state index contributed by atoms with van der Waals surface area (Å²) in [6, 6.07) is 10.6. The molecule has 0 saturated carbocycles. The highest BCUT2D eigenvalue weighted by molar-refractivity contribution is 5.55. The van der Waals surface area contributed by atoms with Crippen LogP contribution in [0.3, 0.4) is 0 Å². The second-order valence-corrected chi connectivity index (χ2v) is 6.64. The van der Waals surface area contributed by atoms with E-state index in [1.165, 1.54) is 12.8 Å². The van der Waals surface area contributed by atoms with Crippen LogP contribution in [0.4, 0.5) is 0 Å². The summed E-state index contributed by atoms with van der Waals surface area (Å²) in [4.78, 5) is 11.3. The van der Waals surface area contributed by atoms with Crippen molar-refractivity contribution in [3.05, 3.63) is 54.1 Å². The van der Waals surface area contributed by atoms with Gasteiger partial charge in [-0.3, -0.25) is 4.90 Å². The summed E-state index contributed by atoms with van der Waals surface area (Å²) in [5.74, 6) is 3.42. The van der Waals surface area contributed by atoms with Crippen molar-refractivity contribution in [2.24, 2.45) is 0 Å². The van der Waals surface area contributed by atoms with Crippen LogP contribution in [0.15, 0.2) is 40.9 Å². The summed E-state index contributed by atoms with van der Waals surface area (Å²) in [5, 5.41) is 4.50. The molecule has 1 fully saturated rings. The van der Waals surface area contributed by atoms with Gasteiger partial charge in [0.1, 0.15) is 11.6 Å². The van der Waals surface area contributed by atoms with Crippen LogP contribution in [0.5, 0.6) is 0 Å². The highest BCUT2D eigenvalue weighted by atomic mass is 16.4. The third-order valence-electron chi connectivity index (χ3n) is 4.80. The molecule has 2 aromatic heterocycles. The van der Waals surface area contributed by atoms with Gasteiger partial charge in [0, 0.05) is 11.6 Å². The van der Waals surface area contributed by atoms with Crippen LogP contribution in [0, 0.1) is 13.8 Å². The molecule has 1 saturated heterocycles. The van der Waals surface area contributed by atoms with E-state index in [1.54, 1.807) is 0 Å². The number of hydrogen-bond donors (Lipinski definition) is 0. The van der Waals surface area contributed by atoms with Crippen LogP contribution in [0.25, 0.3) is 11.3 Å². The van der Waals surface area contributed by atoms with Crippen molar-refractivity contribution in [2.75, 3.05) is 6.54 Å². The zero-order valence-corrected chi connectivity index (χ0v) is 14.7. The van der Waals surface area contributed by atoms with E-state index in [4.69, 9.17) is 4.42 Å². The van der Waals surface area contributed by atoms with Crippen molar-refractivity contribution in [2.45, 2.75) is 45.8 Å². The molecular formula is C19H23N5O. The number of oxazole rings is 1. The number of hydrogen-bond acceptors (Lipinski definition) is 5. The summed E-state index contributed by atoms with van der Waals surface area (Å²) in [5.41, 5.74) is 1.06. The van der Waals surface area contributed by atoms with Crippen molar-refractivity contribution >= 4 is 0 Å². The molecule has 1 aromatic carbocycles. The zero-order valence-electron chi connectivity index (χ0n) is 14.7. The fraction of sp³-hybridized carbons (Fsp3) is 0.421. The topological polar surface area (TPSA) is 60.0 Å². The third-order valence-corrected chi connectivity index (χ3v) is 4.80. The van der Waals surface area contributed by atoms with E-state index in [-0.39, 0.29) is 0 Å². The Balaban J connectivity index is 1.45. The molecule has 0 bridgehead atoms. The Bertz CT molecular complexity index is 839. The highest BCUT2D eigenvalue weighted by Gasteiger charge is 2.27. The Morgan fingerprint density at radius 2 is 2.04 bits per heavy atom. The molecule has 0 aliphatic carbocycles. The lowest BCUT2D eigenvalue weighted by atomic mass is 10.2. The van der Waals surface area contributed by atoms with Crippen molar-refractivity contribution in [3.63, 3.8) is 0 Å². The minimum Gasteiger partial charge on any atom is -0.439 e. The normalized spacial score (nSPS) is 18.1. The molecule has 6 nitrogen and oxygen atoms in total. The van der Waals surface area contributed by atoms with Gasteiger partial charge in [0.15, 0.2) is 5.76 Å². The van der Waals surface area contributed by atoms with E-state index in [0.29, 0.717) is 6.04 Å². The average molecular weight is 337 g/mol. The van der Waals surface area contributed by atoms with Crippen molar-refractivity contribution < 1.29 is 4.42 Å². The minimum atomic E-state index is 0.451. The molecule has 0 unspecified atom stereocenters. The predicted molar refractivity (Wildman–Crippen MR) is 94.9 cm³/mol. The average Bonchev–Trinajstić information content (AvgIpc) is 3.32. The molecule has 1 atom stereocenters. The predicted octanol–water partition coefficient (Wildman–Crippen LogP) is 3.21. The number of likely N-dealkylation sites (tertiary alicyclic amines) is 1. The van der Waals surface area contributed by atoms with Gasteiger partial charge in [0.05, 0.1) is 19.3 Å². The highest BCUT2D eigenvalue weighted by Crippen LogP contribution is 2.24. The third kappa shape index (κ3) is 3.49. The molecule has 6 heteroatoms. The quantitative estimate of drug-likeness (QED) is 0.715. The van der Waals surface area contributed by atoms with E-state index >= 15 is 0 Å². The molecule has 1 aliphatic heterocycles. The van der Waals surface area contributed by atoms with E-state index in [9.17, 15) is 0 Å². The van der Waals surface area contributed by atoms with Gasteiger partial charge >= 0.3 is 0 Å². The molecule has 0 spiro atoms. The van der Waals surface area contributed by atoms with Crippen LogP contribution in [-0.4, -0.2) is 37.2 Å². The maximum absolute atomic E-state index is 5.97. The second-order valence-electron chi connectivity index (χ2n) is 6.64. The molecule has 130 valence electrons. The van der Waals surface area contributed by atoms with Gasteiger partial charge in [-0.05, 0) is 33.2 Å². The Morgan fingerprint density at radius 1 is 1.20 bits per heavy atom. The number of rotatable bonds is 5. The lowest BCUT2D eigenvalue weighted by molar-refractivity contribution is 0.199. The molecule has 0 radical (unpaired) electrons. The lowest BCUT2D eigenvalue weighted by Gasteiger charge is -2.23. The summed E-state index contributed by atoms with van der Waals surface area (Å²) in [6.07, 6.45) is 4.19. The van der Waals surface area contributed by atoms with Crippen molar-refractivity contribution in [1.29, 1.82) is 0 Å². The van der Waals surface area contributed by atoms with E-state index < -0.39 is 0 Å². The van der Waals surface area contributed by atoms with Gasteiger partial charge in [-0.15, -0.1) is 0 Å². The molecule has 25 heavy (non-hydrogen) atoms. The van der Waals surface area contributed by atoms with Gasteiger partial charge in [-0.2, -0.15) is 5.10 Å². The first kappa shape index (κ1) is 16.0. The van der Waals surface area contributed by atoms with Crippen LogP contribution in [0.2, 0.25) is 0 Å². The van der Waals surface area contributed by atoms with E-state index in [2.05, 4.69) is 20.0 Å². The molecule has 4 rings (SSSR count). The van der Waals surface area contributed by atoms with Crippen LogP contribution in [0.1, 0.15) is 30.4 Å². The fourth-order valence-electron chi connectivity index (χ4n) is 3.54. The molecule has 0 amide bonds. The first-order valence-electron chi connectivity index (χ1n) is 8.81. The molecule has 1 aliphatic rings. The molecule has 0 N–H and O–H groups in total. The Hall–Kier alpha value is -2.47. The second kappa shape index (κ2) is 6.80. The first-order chi connectivity index (χ1) is 12.2. The summed E-state index contributed by atoms with van der Waals surface area (Å²) in [7, 11) is 0. The lowest BCUT2D eigenvalue weighted by Crippen LogP contribution is -2.33. The SMILES string of the molecule is Cc1nc(C)n(C[C@@H]2CCCN2Cc2ncc(-c3ccccc3)o2)n1. The standard InChI is InChI=1S/C19H23N5O/c1-14-21-15(2)24(22-14)12-17-9-6-10-23(17)13-19-20-11-18(25-19)16-7-4-3-5-8-16/h3-5,7-8,11,17H,6,9-10,12-13H2,1-2H3/t17-/m0/s1. The van der Waals surface area contributed by atoms with Crippen LogP contribution < -0.4 is 0 Å². The first-order valence-corrected chi connectivity index (χ1v) is 8.81. The Morgan fingerprint density at radius 3 is 2.80 bits per heavy atom. The summed E-state index contributed by atoms with van der Waals surface area (Å²) in [6.45, 7) is 6.64. The summed E-state index contributed by atoms with van der Waals surface area (Å²) >= 11 is 0. The van der Waals surface area contributed by atoms with E-state index in [0.717, 1.165) is 48.5 Å². The van der Waals surface area contributed by atoms with Crippen LogP contribution in [-0.2, 0) is 13.1 Å². The smallest absolute Gasteiger partial charge is 0.209 e. The van der Waals surface area contributed by atoms with Crippen LogP contribution >= 0.6 is 0 Å². The number of nitrogens with zero attached hydrogens (tertiary/aromatic N) is 5. The minimum absolute atomic E-state index is 0.451. The Kier molecular flexibility index (Phi) is 4.36. The maximum Gasteiger partial charge on any atom is 0.209 e. The molecule has 3 heterocycles. The van der Waals surface area contributed by atoms with Gasteiger partial charge in [0.25, 0.3) is 0 Å². The van der Waals surface area contributed by atoms with E-state index in [1.807, 2.05) is 55.1 Å². The number of benzene rings is 1. The zero-order chi connectivity index (χ0) is 17.2. The largest absolute Gasteiger partial charge is 0.439 e. The van der Waals surface area contributed by atoms with Crippen molar-refractivity contribution in [3.8, 4) is 11.3 Å². The summed E-state index contributed by atoms with van der Waals surface area (Å²) < 4.78 is 7.99. The van der Waals surface area contributed by atoms with Crippen molar-refractivity contribution in [1.82, 2.24) is 24.6 Å². The van der Waals surface area contributed by atoms with Gasteiger partial charge in [-0.1, -0.05) is 30.3 Å². The van der Waals surface area contributed by atoms with Gasteiger partial charge in [0.2, 0.25) is 5.89 Å².